The first-order chi connectivity index (χ1) is 5.84. The third-order valence-electron chi connectivity index (χ3n) is 1.29. The Morgan fingerprint density at radius 3 is 2.15 bits per heavy atom. The number of rotatable bonds is 0. The lowest BCUT2D eigenvalue weighted by Crippen LogP contribution is -2.31. The van der Waals surface area contributed by atoms with Gasteiger partial charge in [0.25, 0.3) is 10.3 Å². The average Bonchev–Trinajstić information content (AvgIpc) is 1.98. The molecule has 0 aliphatic heterocycles. The fraction of sp³-hybridized carbons (Fsp3) is 0.167. The van der Waals surface area contributed by atoms with Crippen molar-refractivity contribution in [1.29, 1.82) is 0 Å². The molecular weight excluding hydrogens is 279 g/mol. The van der Waals surface area contributed by atoms with E-state index < -0.39 is 3.79 Å². The van der Waals surface area contributed by atoms with Crippen molar-refractivity contribution in [2.75, 3.05) is 0 Å². The highest BCUT2D eigenvalue weighted by molar-refractivity contribution is 6.67. The van der Waals surface area contributed by atoms with Crippen molar-refractivity contribution in [2.24, 2.45) is 0 Å². The smallest absolute Gasteiger partial charge is 0.295 e. The van der Waals surface area contributed by atoms with Gasteiger partial charge < -0.3 is 5.21 Å². The number of hydrogen-bond acceptors (Lipinski definition) is 1. The molecule has 7 heteroatoms. The maximum absolute atomic E-state index is 11.1. The first kappa shape index (κ1) is 11.5. The van der Waals surface area contributed by atoms with Gasteiger partial charge in [-0.25, -0.2) is 0 Å². The monoisotopic (exact) mass is 279 g/mol. The van der Waals surface area contributed by atoms with E-state index in [1.807, 2.05) is 0 Å². The highest BCUT2D eigenvalue weighted by atomic mass is 35.6. The summed E-state index contributed by atoms with van der Waals surface area (Å²) in [4.78, 5) is 0. The Hall–Kier alpha value is 0.400. The van der Waals surface area contributed by atoms with Gasteiger partial charge in [0.05, 0.1) is 5.56 Å². The summed E-state index contributed by atoms with van der Waals surface area (Å²) in [7, 11) is 0. The molecule has 0 aliphatic carbocycles. The fourth-order valence-electron chi connectivity index (χ4n) is 0.703. The predicted molar refractivity (Wildman–Crippen MR) is 54.7 cm³/mol. The standard InChI is InChI=1S/C6H2Cl5NO/c7-4-2-1-3(6(9,10)11)5(8)12(4)13/h1-2H. The van der Waals surface area contributed by atoms with Gasteiger partial charge in [0.2, 0.25) is 3.79 Å². The lowest BCUT2D eigenvalue weighted by Gasteiger charge is -2.12. The third kappa shape index (κ3) is 2.45. The van der Waals surface area contributed by atoms with E-state index in [9.17, 15) is 5.21 Å². The topological polar surface area (TPSA) is 26.9 Å². The second kappa shape index (κ2) is 3.87. The van der Waals surface area contributed by atoms with Gasteiger partial charge in [0, 0.05) is 6.07 Å². The zero-order chi connectivity index (χ0) is 10.2. The number of aromatic nitrogens is 1. The molecule has 72 valence electrons. The lowest BCUT2D eigenvalue weighted by atomic mass is 10.3. The maximum Gasteiger partial charge on any atom is 0.295 e. The Labute approximate surface area is 99.5 Å². The zero-order valence-corrected chi connectivity index (χ0v) is 9.68. The molecule has 0 N–H and O–H groups in total. The zero-order valence-electron chi connectivity index (χ0n) is 5.90. The average molecular weight is 281 g/mol. The van der Waals surface area contributed by atoms with E-state index >= 15 is 0 Å². The number of alkyl halides is 3. The van der Waals surface area contributed by atoms with Crippen LogP contribution >= 0.6 is 58.0 Å². The van der Waals surface area contributed by atoms with Crippen LogP contribution in [-0.4, -0.2) is 0 Å². The Morgan fingerprint density at radius 1 is 1.15 bits per heavy atom. The van der Waals surface area contributed by atoms with Gasteiger partial charge in [0.1, 0.15) is 0 Å². The van der Waals surface area contributed by atoms with Gasteiger partial charge in [-0.1, -0.05) is 34.8 Å². The van der Waals surface area contributed by atoms with Crippen LogP contribution in [0.1, 0.15) is 5.56 Å². The van der Waals surface area contributed by atoms with Crippen LogP contribution in [0.4, 0.5) is 0 Å². The lowest BCUT2D eigenvalue weighted by molar-refractivity contribution is -0.601. The van der Waals surface area contributed by atoms with Crippen molar-refractivity contribution < 1.29 is 4.73 Å². The van der Waals surface area contributed by atoms with Crippen molar-refractivity contribution in [2.45, 2.75) is 3.79 Å². The Balaban J connectivity index is 3.35. The summed E-state index contributed by atoms with van der Waals surface area (Å²) in [6.07, 6.45) is 0. The number of pyridine rings is 1. The summed E-state index contributed by atoms with van der Waals surface area (Å²) in [6.45, 7) is 0. The fourth-order valence-corrected chi connectivity index (χ4v) is 1.79. The molecule has 0 aliphatic rings. The molecule has 0 saturated heterocycles. The molecule has 0 aromatic carbocycles. The van der Waals surface area contributed by atoms with Gasteiger partial charge in [-0.2, -0.15) is 0 Å². The summed E-state index contributed by atoms with van der Waals surface area (Å²) < 4.78 is -1.45. The molecule has 2 nitrogen and oxygen atoms in total. The number of nitrogens with zero attached hydrogens (tertiary/aromatic N) is 1. The van der Waals surface area contributed by atoms with Crippen molar-refractivity contribution >= 4 is 58.0 Å². The van der Waals surface area contributed by atoms with Gasteiger partial charge in [-0.3, -0.25) is 0 Å². The molecule has 0 fully saturated rings. The number of hydrogen-bond donors (Lipinski definition) is 0. The second-order valence-electron chi connectivity index (χ2n) is 2.15. The van der Waals surface area contributed by atoms with Crippen LogP contribution in [0.25, 0.3) is 0 Å². The molecule has 0 atom stereocenters. The van der Waals surface area contributed by atoms with Gasteiger partial charge in [-0.05, 0) is 29.3 Å². The minimum atomic E-state index is -1.73. The van der Waals surface area contributed by atoms with Crippen LogP contribution in [0.15, 0.2) is 12.1 Å². The van der Waals surface area contributed by atoms with E-state index in [4.69, 9.17) is 58.0 Å². The molecule has 0 bridgehead atoms. The van der Waals surface area contributed by atoms with Crippen molar-refractivity contribution in [1.82, 2.24) is 0 Å². The molecule has 13 heavy (non-hydrogen) atoms. The minimum Gasteiger partial charge on any atom is -0.617 e. The van der Waals surface area contributed by atoms with Crippen molar-refractivity contribution in [3.8, 4) is 0 Å². The van der Waals surface area contributed by atoms with Crippen LogP contribution in [0.2, 0.25) is 10.3 Å². The van der Waals surface area contributed by atoms with Crippen LogP contribution < -0.4 is 4.73 Å². The highest BCUT2D eigenvalue weighted by Crippen LogP contribution is 2.40. The Bertz CT molecular complexity index is 335. The van der Waals surface area contributed by atoms with Gasteiger partial charge >= 0.3 is 0 Å². The molecule has 0 spiro atoms. The van der Waals surface area contributed by atoms with E-state index in [1.165, 1.54) is 12.1 Å². The Morgan fingerprint density at radius 2 is 1.69 bits per heavy atom. The minimum absolute atomic E-state index is 0.0806. The van der Waals surface area contributed by atoms with Gasteiger partial charge in [0.15, 0.2) is 0 Å². The van der Waals surface area contributed by atoms with Crippen LogP contribution in [-0.2, 0) is 3.79 Å². The largest absolute Gasteiger partial charge is 0.617 e. The summed E-state index contributed by atoms with van der Waals surface area (Å²) in [6, 6.07) is 2.68. The van der Waals surface area contributed by atoms with Crippen LogP contribution in [0.3, 0.4) is 0 Å². The van der Waals surface area contributed by atoms with E-state index in [0.29, 0.717) is 0 Å². The summed E-state index contributed by atoms with van der Waals surface area (Å²) in [5.41, 5.74) is 0.0959. The SMILES string of the molecule is [O-][n+]1c(Cl)ccc(C(Cl)(Cl)Cl)c1Cl. The third-order valence-corrected chi connectivity index (χ3v) is 2.53. The first-order valence-corrected chi connectivity index (χ1v) is 4.88. The first-order valence-electron chi connectivity index (χ1n) is 2.99. The van der Waals surface area contributed by atoms with Crippen LogP contribution in [0.5, 0.6) is 0 Å². The molecule has 0 unspecified atom stereocenters. The predicted octanol–water partition coefficient (Wildman–Crippen LogP) is 3.45. The molecule has 0 saturated carbocycles. The van der Waals surface area contributed by atoms with Crippen molar-refractivity contribution in [3.63, 3.8) is 0 Å². The van der Waals surface area contributed by atoms with Crippen LogP contribution in [0, 0.1) is 5.21 Å². The van der Waals surface area contributed by atoms with Crippen molar-refractivity contribution in [3.05, 3.63) is 33.2 Å². The second-order valence-corrected chi connectivity index (χ2v) is 5.18. The molecule has 1 aromatic rings. The highest BCUT2D eigenvalue weighted by Gasteiger charge is 2.31. The number of halogens is 5. The summed E-state index contributed by atoms with van der Waals surface area (Å²) in [5.74, 6) is 0. The molecule has 1 aromatic heterocycles. The summed E-state index contributed by atoms with van der Waals surface area (Å²) >= 11 is 27.7. The van der Waals surface area contributed by atoms with Gasteiger partial charge in [-0.15, -0.1) is 4.73 Å². The molecule has 1 rings (SSSR count). The van der Waals surface area contributed by atoms with E-state index in [2.05, 4.69) is 0 Å². The summed E-state index contributed by atoms with van der Waals surface area (Å²) in [5, 5.41) is 10.8. The molecular formula is C6H2Cl5NO. The van der Waals surface area contributed by atoms with E-state index in [0.717, 1.165) is 0 Å². The molecule has 0 radical (unpaired) electrons. The quantitative estimate of drug-likeness (QED) is 0.310. The molecule has 0 amide bonds. The van der Waals surface area contributed by atoms with E-state index in [1.54, 1.807) is 0 Å². The normalized spacial score (nSPS) is 11.8. The van der Waals surface area contributed by atoms with E-state index in [-0.39, 0.29) is 20.6 Å². The molecule has 1 heterocycles. The Kier molecular flexibility index (Phi) is 3.42. The maximum atomic E-state index is 11.1.